The predicted molar refractivity (Wildman–Crippen MR) is 87.0 cm³/mol. The topological polar surface area (TPSA) is 116 Å². The molecule has 0 spiro atoms. The molecule has 1 N–H and O–H groups in total. The van der Waals surface area contributed by atoms with E-state index in [1.54, 1.807) is 19.1 Å². The maximum absolute atomic E-state index is 12.8. The summed E-state index contributed by atoms with van der Waals surface area (Å²) in [4.78, 5) is 47.8. The van der Waals surface area contributed by atoms with E-state index in [2.05, 4.69) is 5.32 Å². The van der Waals surface area contributed by atoms with Crippen molar-refractivity contribution in [2.45, 2.75) is 6.92 Å². The Bertz CT molecular complexity index is 935. The van der Waals surface area contributed by atoms with Crippen molar-refractivity contribution in [3.05, 3.63) is 68.8 Å². The van der Waals surface area contributed by atoms with Crippen LogP contribution in [0.3, 0.4) is 0 Å². The number of amides is 1. The zero-order valence-corrected chi connectivity index (χ0v) is 13.1. The lowest BCUT2D eigenvalue weighted by molar-refractivity contribution is -0.385. The third-order valence-corrected chi connectivity index (χ3v) is 3.76. The Morgan fingerprint density at radius 2 is 1.68 bits per heavy atom. The second-order valence-electron chi connectivity index (χ2n) is 5.19. The fourth-order valence-electron chi connectivity index (χ4n) is 2.74. The zero-order chi connectivity index (χ0) is 18.1. The molecule has 2 aromatic carbocycles. The largest absolute Gasteiger partial charge is 0.450 e. The number of rotatable bonds is 3. The van der Waals surface area contributed by atoms with Crippen molar-refractivity contribution in [1.29, 1.82) is 0 Å². The molecule has 2 aromatic rings. The molecular formula is C17H12N2O6. The van der Waals surface area contributed by atoms with Crippen molar-refractivity contribution < 1.29 is 24.0 Å². The minimum absolute atomic E-state index is 0.00750. The summed E-state index contributed by atoms with van der Waals surface area (Å²) in [6, 6.07) is 8.36. The van der Waals surface area contributed by atoms with Gasteiger partial charge in [0.05, 0.1) is 22.8 Å². The van der Waals surface area contributed by atoms with E-state index >= 15 is 0 Å². The number of hydrogen-bond acceptors (Lipinski definition) is 6. The van der Waals surface area contributed by atoms with Gasteiger partial charge in [-0.25, -0.2) is 4.79 Å². The van der Waals surface area contributed by atoms with Gasteiger partial charge in [-0.1, -0.05) is 24.3 Å². The minimum Gasteiger partial charge on any atom is -0.450 e. The first-order valence-corrected chi connectivity index (χ1v) is 7.39. The molecule has 0 heterocycles. The fourth-order valence-corrected chi connectivity index (χ4v) is 2.74. The van der Waals surface area contributed by atoms with Gasteiger partial charge in [0.1, 0.15) is 5.56 Å². The molecule has 0 aliphatic heterocycles. The van der Waals surface area contributed by atoms with Gasteiger partial charge < -0.3 is 4.74 Å². The summed E-state index contributed by atoms with van der Waals surface area (Å²) in [7, 11) is 0. The number of hydrogen-bond donors (Lipinski definition) is 1. The molecule has 0 saturated heterocycles. The van der Waals surface area contributed by atoms with Crippen molar-refractivity contribution in [2.24, 2.45) is 0 Å². The number of ketones is 2. The lowest BCUT2D eigenvalue weighted by Crippen LogP contribution is -2.25. The number of nitrogens with one attached hydrogen (secondary N) is 1. The summed E-state index contributed by atoms with van der Waals surface area (Å²) >= 11 is 0. The Morgan fingerprint density at radius 1 is 1.08 bits per heavy atom. The lowest BCUT2D eigenvalue weighted by Gasteiger charge is -2.20. The van der Waals surface area contributed by atoms with Crippen LogP contribution in [0.2, 0.25) is 0 Å². The molecule has 0 aromatic heterocycles. The third kappa shape index (κ3) is 2.63. The van der Waals surface area contributed by atoms with Crippen LogP contribution in [0.25, 0.3) is 0 Å². The van der Waals surface area contributed by atoms with Gasteiger partial charge in [0.15, 0.2) is 5.78 Å². The number of nitro benzene ring substituents is 1. The smallest absolute Gasteiger partial charge is 0.411 e. The van der Waals surface area contributed by atoms with Gasteiger partial charge in [-0.15, -0.1) is 0 Å². The van der Waals surface area contributed by atoms with Crippen LogP contribution in [0.15, 0.2) is 36.4 Å². The van der Waals surface area contributed by atoms with E-state index in [0.29, 0.717) is 0 Å². The highest BCUT2D eigenvalue weighted by Gasteiger charge is 2.37. The molecule has 0 saturated carbocycles. The van der Waals surface area contributed by atoms with Crippen molar-refractivity contribution in [3.63, 3.8) is 0 Å². The SMILES string of the molecule is CCOC(=O)Nc1ccc([N+](=O)[O-])c2c1C(=O)c1ccccc1C2=O. The maximum Gasteiger partial charge on any atom is 0.411 e. The van der Waals surface area contributed by atoms with Gasteiger partial charge in [-0.05, 0) is 13.0 Å². The van der Waals surface area contributed by atoms with E-state index in [1.807, 2.05) is 0 Å². The van der Waals surface area contributed by atoms with Crippen LogP contribution in [0.5, 0.6) is 0 Å². The number of carbonyl (C=O) groups excluding carboxylic acids is 3. The van der Waals surface area contributed by atoms with Crippen LogP contribution in [-0.2, 0) is 4.74 Å². The molecule has 8 heteroatoms. The summed E-state index contributed by atoms with van der Waals surface area (Å²) in [5.41, 5.74) is -0.804. The highest BCUT2D eigenvalue weighted by molar-refractivity contribution is 6.31. The van der Waals surface area contributed by atoms with Crippen molar-refractivity contribution in [3.8, 4) is 0 Å². The van der Waals surface area contributed by atoms with Crippen LogP contribution in [-0.4, -0.2) is 29.2 Å². The number of nitrogens with zero attached hydrogens (tertiary/aromatic N) is 1. The molecular weight excluding hydrogens is 328 g/mol. The molecule has 25 heavy (non-hydrogen) atoms. The van der Waals surface area contributed by atoms with Crippen molar-refractivity contribution >= 4 is 29.0 Å². The molecule has 126 valence electrons. The highest BCUT2D eigenvalue weighted by Crippen LogP contribution is 2.37. The molecule has 0 fully saturated rings. The molecule has 0 unspecified atom stereocenters. The molecule has 0 radical (unpaired) electrons. The second-order valence-corrected chi connectivity index (χ2v) is 5.19. The number of nitro groups is 1. The Kier molecular flexibility index (Phi) is 4.02. The third-order valence-electron chi connectivity index (χ3n) is 3.76. The summed E-state index contributed by atoms with van der Waals surface area (Å²) in [6.07, 6.45) is -0.822. The normalized spacial score (nSPS) is 12.2. The molecule has 1 aliphatic carbocycles. The number of anilines is 1. The summed E-state index contributed by atoms with van der Waals surface area (Å²) in [5.74, 6) is -1.20. The minimum atomic E-state index is -0.822. The quantitative estimate of drug-likeness (QED) is 0.579. The zero-order valence-electron chi connectivity index (χ0n) is 13.1. The van der Waals surface area contributed by atoms with E-state index < -0.39 is 28.3 Å². The Labute approximate surface area is 141 Å². The van der Waals surface area contributed by atoms with E-state index in [4.69, 9.17) is 4.74 Å². The molecule has 0 bridgehead atoms. The maximum atomic E-state index is 12.8. The molecule has 8 nitrogen and oxygen atoms in total. The number of benzene rings is 2. The van der Waals surface area contributed by atoms with Crippen LogP contribution in [0.4, 0.5) is 16.2 Å². The van der Waals surface area contributed by atoms with Crippen molar-refractivity contribution in [1.82, 2.24) is 0 Å². The van der Waals surface area contributed by atoms with Crippen LogP contribution < -0.4 is 5.32 Å². The average molecular weight is 340 g/mol. The summed E-state index contributed by atoms with van der Waals surface area (Å²) in [5, 5.41) is 13.7. The lowest BCUT2D eigenvalue weighted by atomic mass is 9.82. The monoisotopic (exact) mass is 340 g/mol. The summed E-state index contributed by atoms with van der Waals surface area (Å²) in [6.45, 7) is 1.71. The Balaban J connectivity index is 2.24. The standard InChI is InChI=1S/C17H12N2O6/c1-2-25-17(22)18-11-7-8-12(19(23)24)14-13(11)15(20)9-5-3-4-6-10(9)16(14)21/h3-8H,2H2,1H3,(H,18,22). The van der Waals surface area contributed by atoms with Gasteiger partial charge in [-0.3, -0.25) is 25.0 Å². The van der Waals surface area contributed by atoms with E-state index in [9.17, 15) is 24.5 Å². The first-order chi connectivity index (χ1) is 12.0. The van der Waals surface area contributed by atoms with Gasteiger partial charge >= 0.3 is 6.09 Å². The summed E-state index contributed by atoms with van der Waals surface area (Å²) < 4.78 is 4.77. The molecule has 1 amide bonds. The van der Waals surface area contributed by atoms with Gasteiger partial charge in [0.2, 0.25) is 5.78 Å². The number of carbonyl (C=O) groups is 3. The van der Waals surface area contributed by atoms with Crippen LogP contribution >= 0.6 is 0 Å². The molecule has 0 atom stereocenters. The van der Waals surface area contributed by atoms with Crippen LogP contribution in [0.1, 0.15) is 38.8 Å². The first kappa shape index (κ1) is 16.3. The molecule has 1 aliphatic rings. The van der Waals surface area contributed by atoms with E-state index in [0.717, 1.165) is 6.07 Å². The average Bonchev–Trinajstić information content (AvgIpc) is 2.59. The van der Waals surface area contributed by atoms with Crippen molar-refractivity contribution in [2.75, 3.05) is 11.9 Å². The fraction of sp³-hybridized carbons (Fsp3) is 0.118. The second kappa shape index (κ2) is 6.16. The van der Waals surface area contributed by atoms with Gasteiger partial charge in [-0.2, -0.15) is 0 Å². The van der Waals surface area contributed by atoms with Gasteiger partial charge in [0, 0.05) is 17.2 Å². The number of fused-ring (bicyclic) bond motifs is 2. The highest BCUT2D eigenvalue weighted by atomic mass is 16.6. The Morgan fingerprint density at radius 3 is 2.24 bits per heavy atom. The molecule has 3 rings (SSSR count). The Hall–Kier alpha value is -3.55. The number of ether oxygens (including phenoxy) is 1. The van der Waals surface area contributed by atoms with E-state index in [1.165, 1.54) is 18.2 Å². The van der Waals surface area contributed by atoms with Gasteiger partial charge in [0.25, 0.3) is 5.69 Å². The van der Waals surface area contributed by atoms with Crippen LogP contribution in [0, 0.1) is 10.1 Å². The predicted octanol–water partition coefficient (Wildman–Crippen LogP) is 2.94. The first-order valence-electron chi connectivity index (χ1n) is 7.39. The van der Waals surface area contributed by atoms with E-state index in [-0.39, 0.29) is 34.5 Å².